The number of hydrogen-bond donors (Lipinski definition) is 1. The molecule has 2 aromatic heterocycles. The van der Waals surface area contributed by atoms with Crippen LogP contribution in [0.1, 0.15) is 30.0 Å². The second kappa shape index (κ2) is 7.07. The summed E-state index contributed by atoms with van der Waals surface area (Å²) >= 11 is 1.63. The van der Waals surface area contributed by atoms with Gasteiger partial charge in [0.1, 0.15) is 0 Å². The van der Waals surface area contributed by atoms with E-state index >= 15 is 0 Å². The van der Waals surface area contributed by atoms with Gasteiger partial charge in [-0.15, -0.1) is 0 Å². The molecule has 0 unspecified atom stereocenters. The number of carbonyl (C=O) groups excluding carboxylic acids is 1. The Hall–Kier alpha value is -1.66. The number of aliphatic hydroxyl groups excluding tert-OH is 1. The second-order valence-electron chi connectivity index (χ2n) is 5.67. The van der Waals surface area contributed by atoms with Crippen molar-refractivity contribution in [2.45, 2.75) is 31.7 Å². The van der Waals surface area contributed by atoms with Gasteiger partial charge in [0.15, 0.2) is 0 Å². The lowest BCUT2D eigenvalue weighted by molar-refractivity contribution is -0.131. The molecule has 3 heterocycles. The highest BCUT2D eigenvalue weighted by atomic mass is 32.1. The zero-order valence-electron chi connectivity index (χ0n) is 12.5. The van der Waals surface area contributed by atoms with Gasteiger partial charge in [0.05, 0.1) is 19.6 Å². The minimum absolute atomic E-state index is 0.104. The Morgan fingerprint density at radius 2 is 2.18 bits per heavy atom. The Bertz CT molecular complexity index is 601. The van der Waals surface area contributed by atoms with E-state index in [-0.39, 0.29) is 12.5 Å². The number of nitrogens with zero attached hydrogens (tertiary/aromatic N) is 3. The van der Waals surface area contributed by atoms with Crippen LogP contribution in [0.4, 0.5) is 0 Å². The lowest BCUT2D eigenvalue weighted by Gasteiger charge is -2.32. The van der Waals surface area contributed by atoms with Crippen LogP contribution in [0.3, 0.4) is 0 Å². The smallest absolute Gasteiger partial charge is 0.227 e. The Kier molecular flexibility index (Phi) is 4.90. The monoisotopic (exact) mass is 319 g/mol. The van der Waals surface area contributed by atoms with Gasteiger partial charge < -0.3 is 10.0 Å². The molecule has 0 aromatic carbocycles. The van der Waals surface area contributed by atoms with E-state index in [1.165, 1.54) is 5.69 Å². The van der Waals surface area contributed by atoms with Crippen molar-refractivity contribution in [1.82, 2.24) is 14.7 Å². The van der Waals surface area contributed by atoms with Crippen molar-refractivity contribution >= 4 is 17.2 Å². The summed E-state index contributed by atoms with van der Waals surface area (Å²) in [5, 5.41) is 17.4. The zero-order chi connectivity index (χ0) is 15.4. The molecule has 1 aliphatic rings. The Labute approximate surface area is 134 Å². The number of amides is 1. The molecule has 0 spiro atoms. The normalized spacial score (nSPS) is 16.1. The topological polar surface area (TPSA) is 58.4 Å². The molecule has 0 bridgehead atoms. The number of carbonyl (C=O) groups is 1. The molecule has 0 aliphatic carbocycles. The fourth-order valence-corrected chi connectivity index (χ4v) is 3.74. The van der Waals surface area contributed by atoms with E-state index < -0.39 is 0 Å². The summed E-state index contributed by atoms with van der Waals surface area (Å²) in [6.07, 6.45) is 4.23. The van der Waals surface area contributed by atoms with Crippen LogP contribution in [0, 0.1) is 0 Å². The fraction of sp³-hybridized carbons (Fsp3) is 0.500. The maximum absolute atomic E-state index is 12.3. The summed E-state index contributed by atoms with van der Waals surface area (Å²) in [6, 6.07) is 4.05. The first-order valence-corrected chi connectivity index (χ1v) is 8.63. The maximum Gasteiger partial charge on any atom is 0.227 e. The van der Waals surface area contributed by atoms with E-state index in [0.29, 0.717) is 18.9 Å². The quantitative estimate of drug-likeness (QED) is 0.915. The number of thiophene rings is 1. The largest absolute Gasteiger partial charge is 0.394 e. The first kappa shape index (κ1) is 15.2. The van der Waals surface area contributed by atoms with Crippen molar-refractivity contribution < 1.29 is 9.90 Å². The number of likely N-dealkylation sites (tertiary alicyclic amines) is 1. The van der Waals surface area contributed by atoms with Crippen molar-refractivity contribution in [2.75, 3.05) is 19.7 Å². The molecule has 6 heteroatoms. The van der Waals surface area contributed by atoms with E-state index in [1.54, 1.807) is 17.5 Å². The summed E-state index contributed by atoms with van der Waals surface area (Å²) in [4.78, 5) is 14.3. The Morgan fingerprint density at radius 3 is 2.86 bits per heavy atom. The van der Waals surface area contributed by atoms with Crippen LogP contribution in [-0.2, 0) is 17.8 Å². The molecule has 1 saturated heterocycles. The summed E-state index contributed by atoms with van der Waals surface area (Å²) < 4.78 is 1.88. The van der Waals surface area contributed by atoms with Gasteiger partial charge >= 0.3 is 0 Å². The highest BCUT2D eigenvalue weighted by Gasteiger charge is 2.25. The Balaban J connectivity index is 1.55. The van der Waals surface area contributed by atoms with Crippen LogP contribution >= 0.6 is 11.3 Å². The van der Waals surface area contributed by atoms with Gasteiger partial charge in [-0.1, -0.05) is 0 Å². The third kappa shape index (κ3) is 3.39. The predicted molar refractivity (Wildman–Crippen MR) is 85.9 cm³/mol. The SMILES string of the molecule is O=C(Cc1ccsc1)N1CCC(c2ccnn2CCO)CC1. The minimum atomic E-state index is 0.104. The molecule has 1 amide bonds. The molecule has 1 N–H and O–H groups in total. The van der Waals surface area contributed by atoms with Crippen molar-refractivity contribution in [3.8, 4) is 0 Å². The van der Waals surface area contributed by atoms with Crippen molar-refractivity contribution in [3.05, 3.63) is 40.3 Å². The molecule has 5 nitrogen and oxygen atoms in total. The van der Waals surface area contributed by atoms with Crippen LogP contribution in [0.25, 0.3) is 0 Å². The molecular weight excluding hydrogens is 298 g/mol. The predicted octanol–water partition coefficient (Wildman–Crippen LogP) is 1.89. The number of aromatic nitrogens is 2. The van der Waals surface area contributed by atoms with Gasteiger partial charge in [-0.2, -0.15) is 16.4 Å². The number of aliphatic hydroxyl groups is 1. The molecule has 1 fully saturated rings. The number of piperidine rings is 1. The van der Waals surface area contributed by atoms with Gasteiger partial charge in [0.25, 0.3) is 0 Å². The molecule has 22 heavy (non-hydrogen) atoms. The first-order chi connectivity index (χ1) is 10.8. The third-order valence-corrected chi connectivity index (χ3v) is 4.99. The van der Waals surface area contributed by atoms with Gasteiger partial charge in [0, 0.05) is 30.9 Å². The average molecular weight is 319 g/mol. The fourth-order valence-electron chi connectivity index (χ4n) is 3.08. The average Bonchev–Trinajstić information content (AvgIpc) is 3.19. The first-order valence-electron chi connectivity index (χ1n) is 7.69. The highest BCUT2D eigenvalue weighted by Crippen LogP contribution is 2.28. The lowest BCUT2D eigenvalue weighted by atomic mass is 9.93. The molecule has 2 aromatic rings. The summed E-state index contributed by atoms with van der Waals surface area (Å²) in [5.41, 5.74) is 2.29. The van der Waals surface area contributed by atoms with Gasteiger partial charge in [0.2, 0.25) is 5.91 Å². The van der Waals surface area contributed by atoms with Crippen LogP contribution in [0.15, 0.2) is 29.1 Å². The van der Waals surface area contributed by atoms with Gasteiger partial charge in [-0.3, -0.25) is 9.48 Å². The van der Waals surface area contributed by atoms with E-state index in [4.69, 9.17) is 5.11 Å². The highest BCUT2D eigenvalue weighted by molar-refractivity contribution is 7.07. The van der Waals surface area contributed by atoms with E-state index in [2.05, 4.69) is 5.10 Å². The van der Waals surface area contributed by atoms with E-state index in [1.807, 2.05) is 32.5 Å². The summed E-state index contributed by atoms with van der Waals surface area (Å²) in [5.74, 6) is 0.653. The van der Waals surface area contributed by atoms with Crippen molar-refractivity contribution in [2.24, 2.45) is 0 Å². The van der Waals surface area contributed by atoms with E-state index in [0.717, 1.165) is 31.5 Å². The Morgan fingerprint density at radius 1 is 1.36 bits per heavy atom. The van der Waals surface area contributed by atoms with Crippen molar-refractivity contribution in [3.63, 3.8) is 0 Å². The standard InChI is InChI=1S/C16H21N3O2S/c20-9-8-19-15(1-5-17-19)14-2-6-18(7-3-14)16(21)11-13-4-10-22-12-13/h1,4-5,10,12,14,20H,2-3,6-9,11H2. The molecule has 3 rings (SSSR count). The van der Waals surface area contributed by atoms with Crippen LogP contribution in [0.5, 0.6) is 0 Å². The maximum atomic E-state index is 12.3. The molecule has 0 radical (unpaired) electrons. The molecule has 0 saturated carbocycles. The minimum Gasteiger partial charge on any atom is -0.394 e. The van der Waals surface area contributed by atoms with E-state index in [9.17, 15) is 4.79 Å². The summed E-state index contributed by atoms with van der Waals surface area (Å²) in [6.45, 7) is 2.25. The van der Waals surface area contributed by atoms with Crippen LogP contribution in [0.2, 0.25) is 0 Å². The zero-order valence-corrected chi connectivity index (χ0v) is 13.3. The summed E-state index contributed by atoms with van der Waals surface area (Å²) in [7, 11) is 0. The lowest BCUT2D eigenvalue weighted by Crippen LogP contribution is -2.39. The molecular formula is C16H21N3O2S. The number of rotatable bonds is 5. The second-order valence-corrected chi connectivity index (χ2v) is 6.45. The molecule has 118 valence electrons. The van der Waals surface area contributed by atoms with Crippen LogP contribution < -0.4 is 0 Å². The molecule has 1 aliphatic heterocycles. The third-order valence-electron chi connectivity index (χ3n) is 4.26. The number of hydrogen-bond acceptors (Lipinski definition) is 4. The van der Waals surface area contributed by atoms with Crippen LogP contribution in [-0.4, -0.2) is 45.4 Å². The van der Waals surface area contributed by atoms with Crippen molar-refractivity contribution in [1.29, 1.82) is 0 Å². The van der Waals surface area contributed by atoms with Gasteiger partial charge in [-0.05, 0) is 41.3 Å². The molecule has 0 atom stereocenters. The van der Waals surface area contributed by atoms with Gasteiger partial charge in [-0.25, -0.2) is 0 Å².